The van der Waals surface area contributed by atoms with Gasteiger partial charge in [0, 0.05) is 14.1 Å². The van der Waals surface area contributed by atoms with Gasteiger partial charge in [0.15, 0.2) is 0 Å². The van der Waals surface area contributed by atoms with Crippen molar-refractivity contribution in [2.75, 3.05) is 24.1 Å². The third kappa shape index (κ3) is 5.17. The average molecular weight is 290 g/mol. The summed E-state index contributed by atoms with van der Waals surface area (Å²) in [4.78, 5) is 0. The van der Waals surface area contributed by atoms with Crippen LogP contribution in [0.5, 0.6) is 0 Å². The van der Waals surface area contributed by atoms with Gasteiger partial charge in [0.1, 0.15) is 11.9 Å². The number of hydrogen-bond acceptors (Lipinski definition) is 10. The maximum absolute atomic E-state index is 5.19. The van der Waals surface area contributed by atoms with Crippen LogP contribution < -0.4 is 32.1 Å². The molecule has 0 atom stereocenters. The fraction of sp³-hybridized carbons (Fsp3) is 0.500. The first-order chi connectivity index (χ1) is 7.61. The molecule has 13 heteroatoms. The van der Waals surface area contributed by atoms with Crippen LogP contribution in [0.4, 0.5) is 11.9 Å². The molecule has 0 aliphatic heterocycles. The average Bonchev–Trinajstić information content (AvgIpc) is 2.93. The largest absolute Gasteiger partial charge is 2.00 e. The second kappa shape index (κ2) is 7.45. The molecule has 0 aromatic carbocycles. The van der Waals surface area contributed by atoms with Crippen molar-refractivity contribution < 1.29 is 17.1 Å². The molecular weight excluding hydrogens is 280 g/mol. The monoisotopic (exact) mass is 289 g/mol. The second-order valence-corrected chi connectivity index (χ2v) is 2.58. The number of hydrazine groups is 2. The quantitative estimate of drug-likeness (QED) is 0.316. The summed E-state index contributed by atoms with van der Waals surface area (Å²) in [5, 5.41) is 29.1. The van der Waals surface area contributed by atoms with Gasteiger partial charge in [-0.15, -0.1) is 0 Å². The minimum atomic E-state index is 0. The standard InChI is InChI=1S/2C2H5N6.Cu/c2*1-8(3)2-4-6-7-5-2;/h2*3H2,1H3;/q2*-1;+2. The topological polar surface area (TPSA) is 164 Å². The summed E-state index contributed by atoms with van der Waals surface area (Å²) in [6, 6.07) is 0. The maximum atomic E-state index is 5.19. The van der Waals surface area contributed by atoms with E-state index in [0.717, 1.165) is 0 Å². The van der Waals surface area contributed by atoms with E-state index in [1.54, 1.807) is 14.1 Å². The number of anilines is 2. The molecule has 0 amide bonds. The molecule has 2 aromatic rings. The van der Waals surface area contributed by atoms with Crippen molar-refractivity contribution in [3.05, 3.63) is 0 Å². The Morgan fingerprint density at radius 3 is 1.35 bits per heavy atom. The van der Waals surface area contributed by atoms with Gasteiger partial charge in [-0.25, -0.2) is 21.9 Å². The predicted octanol–water partition coefficient (Wildman–Crippen LogP) is -3.73. The molecule has 0 saturated carbocycles. The van der Waals surface area contributed by atoms with E-state index in [-0.39, 0.29) is 17.1 Å². The first-order valence-electron chi connectivity index (χ1n) is 3.95. The molecule has 2 aromatic heterocycles. The number of rotatable bonds is 2. The van der Waals surface area contributed by atoms with Crippen LogP contribution >= 0.6 is 0 Å². The van der Waals surface area contributed by atoms with Crippen LogP contribution in [0.3, 0.4) is 0 Å². The molecule has 0 fully saturated rings. The first kappa shape index (κ1) is 15.2. The van der Waals surface area contributed by atoms with E-state index in [2.05, 4.69) is 41.2 Å². The number of nitrogens with zero attached hydrogens (tertiary/aromatic N) is 10. The van der Waals surface area contributed by atoms with Crippen LogP contribution in [0.15, 0.2) is 0 Å². The summed E-state index contributed by atoms with van der Waals surface area (Å²) < 4.78 is 0. The summed E-state index contributed by atoms with van der Waals surface area (Å²) in [5.41, 5.74) is 0. The van der Waals surface area contributed by atoms with Crippen LogP contribution in [0, 0.1) is 0 Å². The molecule has 0 unspecified atom stereocenters. The van der Waals surface area contributed by atoms with Crippen LogP contribution in [-0.4, -0.2) is 44.9 Å². The van der Waals surface area contributed by atoms with Gasteiger partial charge in [-0.2, -0.15) is 0 Å². The Morgan fingerprint density at radius 1 is 0.882 bits per heavy atom. The van der Waals surface area contributed by atoms with Crippen molar-refractivity contribution in [3.63, 3.8) is 0 Å². The Balaban J connectivity index is 0.000000284. The molecule has 0 spiro atoms. The van der Waals surface area contributed by atoms with Crippen molar-refractivity contribution in [2.24, 2.45) is 11.7 Å². The molecule has 0 saturated heterocycles. The smallest absolute Gasteiger partial charge is 0.315 e. The number of aromatic nitrogens is 8. The molecule has 0 bridgehead atoms. The number of hydrogen-bond donors (Lipinski definition) is 2. The van der Waals surface area contributed by atoms with Crippen molar-refractivity contribution in [1.29, 1.82) is 0 Å². The van der Waals surface area contributed by atoms with Crippen LogP contribution in [-0.2, 0) is 17.1 Å². The van der Waals surface area contributed by atoms with Gasteiger partial charge in [0.2, 0.25) is 0 Å². The van der Waals surface area contributed by atoms with Crippen molar-refractivity contribution in [1.82, 2.24) is 41.2 Å². The molecule has 17 heavy (non-hydrogen) atoms. The zero-order valence-corrected chi connectivity index (χ0v) is 9.87. The normalized spacial score (nSPS) is 8.71. The van der Waals surface area contributed by atoms with E-state index in [1.807, 2.05) is 0 Å². The third-order valence-electron chi connectivity index (χ3n) is 1.25. The van der Waals surface area contributed by atoms with Crippen LogP contribution in [0.1, 0.15) is 0 Å². The Hall–Kier alpha value is -1.82. The maximum Gasteiger partial charge on any atom is 2.00 e. The summed E-state index contributed by atoms with van der Waals surface area (Å²) in [6.45, 7) is 0. The van der Waals surface area contributed by atoms with Crippen molar-refractivity contribution >= 4 is 11.9 Å². The van der Waals surface area contributed by atoms with Crippen molar-refractivity contribution in [2.45, 2.75) is 0 Å². The molecule has 0 aliphatic carbocycles. The predicted molar refractivity (Wildman–Crippen MR) is 51.5 cm³/mol. The van der Waals surface area contributed by atoms with Gasteiger partial charge in [-0.1, -0.05) is 0 Å². The SMILES string of the molecule is CN(N)c1nn[n-]n1.CN(N)c1nn[n-]n1.[Cu+2]. The Morgan fingerprint density at radius 2 is 1.24 bits per heavy atom. The minimum Gasteiger partial charge on any atom is -0.315 e. The van der Waals surface area contributed by atoms with E-state index in [4.69, 9.17) is 11.7 Å². The molecule has 1 radical (unpaired) electrons. The number of nitrogens with two attached hydrogens (primary N) is 2. The molecule has 4 N–H and O–H groups in total. The Labute approximate surface area is 107 Å². The summed E-state index contributed by atoms with van der Waals surface area (Å²) in [6.07, 6.45) is 0. The summed E-state index contributed by atoms with van der Waals surface area (Å²) in [7, 11) is 3.22. The zero-order chi connectivity index (χ0) is 12.0. The fourth-order valence-electron chi connectivity index (χ4n) is 0.562. The fourth-order valence-corrected chi connectivity index (χ4v) is 0.562. The molecule has 12 nitrogen and oxygen atoms in total. The van der Waals surface area contributed by atoms with Gasteiger partial charge in [0.05, 0.1) is 0 Å². The van der Waals surface area contributed by atoms with Crippen molar-refractivity contribution in [3.8, 4) is 0 Å². The molecule has 97 valence electrons. The molecular formula is C4H10CuN12. The minimum absolute atomic E-state index is 0. The van der Waals surface area contributed by atoms with E-state index in [9.17, 15) is 0 Å². The van der Waals surface area contributed by atoms with Gasteiger partial charge >= 0.3 is 17.1 Å². The summed E-state index contributed by atoms with van der Waals surface area (Å²) in [5.74, 6) is 11.0. The third-order valence-corrected chi connectivity index (χ3v) is 1.25. The molecule has 2 heterocycles. The molecule has 0 aliphatic rings. The summed E-state index contributed by atoms with van der Waals surface area (Å²) >= 11 is 0. The van der Waals surface area contributed by atoms with E-state index >= 15 is 0 Å². The number of tetrazole rings is 2. The zero-order valence-electron chi connectivity index (χ0n) is 8.93. The first-order valence-corrected chi connectivity index (χ1v) is 3.95. The van der Waals surface area contributed by atoms with Crippen LogP contribution in [0.25, 0.3) is 0 Å². The second-order valence-electron chi connectivity index (χ2n) is 2.58. The Bertz CT molecular complexity index is 327. The Kier molecular flexibility index (Phi) is 6.65. The van der Waals surface area contributed by atoms with E-state index in [0.29, 0.717) is 11.9 Å². The van der Waals surface area contributed by atoms with E-state index in [1.165, 1.54) is 10.0 Å². The van der Waals surface area contributed by atoms with E-state index < -0.39 is 0 Å². The van der Waals surface area contributed by atoms with Gasteiger partial charge in [-0.3, -0.25) is 30.9 Å². The molecule has 2 rings (SSSR count). The van der Waals surface area contributed by atoms with Gasteiger partial charge in [-0.05, 0) is 0 Å². The van der Waals surface area contributed by atoms with Gasteiger partial charge in [0.25, 0.3) is 0 Å². The van der Waals surface area contributed by atoms with Gasteiger partial charge < -0.3 is 10.2 Å². The van der Waals surface area contributed by atoms with Crippen LogP contribution in [0.2, 0.25) is 0 Å².